The Morgan fingerprint density at radius 1 is 1.12 bits per heavy atom. The van der Waals surface area contributed by atoms with Crippen LogP contribution in [0.4, 0.5) is 14.6 Å². The van der Waals surface area contributed by atoms with E-state index >= 15 is 0 Å². The number of pyridine rings is 1. The summed E-state index contributed by atoms with van der Waals surface area (Å²) in [4.78, 5) is 13.6. The van der Waals surface area contributed by atoms with E-state index in [1.807, 2.05) is 36.4 Å². The molecule has 9 heteroatoms. The molecule has 0 saturated heterocycles. The van der Waals surface area contributed by atoms with Crippen LogP contribution in [-0.4, -0.2) is 30.9 Å². The highest BCUT2D eigenvalue weighted by Gasteiger charge is 2.15. The highest BCUT2D eigenvalue weighted by atomic mass is 19.3. The van der Waals surface area contributed by atoms with E-state index in [1.165, 1.54) is 17.0 Å². The molecule has 0 saturated carbocycles. The van der Waals surface area contributed by atoms with Crippen LogP contribution in [0.5, 0.6) is 0 Å². The lowest BCUT2D eigenvalue weighted by atomic mass is 10.0. The van der Waals surface area contributed by atoms with Crippen molar-refractivity contribution in [1.29, 1.82) is 5.41 Å². The van der Waals surface area contributed by atoms with Crippen molar-refractivity contribution in [2.24, 2.45) is 0 Å². The van der Waals surface area contributed by atoms with E-state index in [2.05, 4.69) is 39.2 Å². The molecule has 2 N–H and O–H groups in total. The first-order valence-electron chi connectivity index (χ1n) is 10.9. The monoisotopic (exact) mass is 461 g/mol. The summed E-state index contributed by atoms with van der Waals surface area (Å²) in [5.74, 6) is 1.31. The molecule has 0 bridgehead atoms. The van der Waals surface area contributed by atoms with Crippen molar-refractivity contribution < 1.29 is 8.78 Å². The number of hydrogen-bond acceptors (Lipinski definition) is 6. The Hall–Kier alpha value is -4.01. The average molecular weight is 462 g/mol. The molecule has 4 aromatic rings. The van der Waals surface area contributed by atoms with Crippen LogP contribution in [0.1, 0.15) is 54.4 Å². The number of alkyl halides is 2. The Labute approximate surface area is 196 Å². The number of anilines is 1. The van der Waals surface area contributed by atoms with Crippen LogP contribution in [0.15, 0.2) is 54.9 Å². The molecule has 34 heavy (non-hydrogen) atoms. The van der Waals surface area contributed by atoms with E-state index < -0.39 is 6.43 Å². The van der Waals surface area contributed by atoms with Crippen LogP contribution in [0.2, 0.25) is 0 Å². The maximum Gasteiger partial charge on any atom is 0.282 e. The third-order valence-corrected chi connectivity index (χ3v) is 5.37. The van der Waals surface area contributed by atoms with Crippen molar-refractivity contribution in [2.45, 2.75) is 39.7 Å². The van der Waals surface area contributed by atoms with Gasteiger partial charge in [-0.05, 0) is 48.7 Å². The van der Waals surface area contributed by atoms with Crippen molar-refractivity contribution in [3.05, 3.63) is 83.1 Å². The zero-order chi connectivity index (χ0) is 24.2. The minimum atomic E-state index is -2.60. The lowest BCUT2D eigenvalue weighted by Crippen LogP contribution is -2.08. The molecule has 0 radical (unpaired) electrons. The third-order valence-electron chi connectivity index (χ3n) is 5.37. The van der Waals surface area contributed by atoms with Crippen molar-refractivity contribution >= 4 is 12.0 Å². The van der Waals surface area contributed by atoms with Crippen molar-refractivity contribution in [2.75, 3.05) is 5.32 Å². The Balaban J connectivity index is 1.55. The number of aryl methyl sites for hydroxylation is 1. The van der Waals surface area contributed by atoms with Gasteiger partial charge in [0.1, 0.15) is 11.5 Å². The number of benzene rings is 1. The largest absolute Gasteiger partial charge is 0.365 e. The summed E-state index contributed by atoms with van der Waals surface area (Å²) in [6, 6.07) is 12.7. The van der Waals surface area contributed by atoms with Crippen LogP contribution < -0.4 is 5.32 Å². The first-order chi connectivity index (χ1) is 16.4. The molecule has 0 spiro atoms. The predicted octanol–water partition coefficient (Wildman–Crippen LogP) is 5.70. The summed E-state index contributed by atoms with van der Waals surface area (Å²) in [7, 11) is 0. The highest BCUT2D eigenvalue weighted by Crippen LogP contribution is 2.26. The summed E-state index contributed by atoms with van der Waals surface area (Å²) in [6.45, 7) is 6.34. The van der Waals surface area contributed by atoms with Crippen molar-refractivity contribution in [3.8, 4) is 17.1 Å². The first kappa shape index (κ1) is 23.2. The van der Waals surface area contributed by atoms with Gasteiger partial charge >= 0.3 is 0 Å². The quantitative estimate of drug-likeness (QED) is 0.328. The van der Waals surface area contributed by atoms with Gasteiger partial charge in [-0.15, -0.1) is 0 Å². The Kier molecular flexibility index (Phi) is 6.72. The molecule has 0 unspecified atom stereocenters. The summed E-state index contributed by atoms with van der Waals surface area (Å²) >= 11 is 0. The number of nitrogens with one attached hydrogen (secondary N) is 2. The van der Waals surface area contributed by atoms with Gasteiger partial charge in [-0.2, -0.15) is 5.10 Å². The number of aromatic nitrogens is 5. The molecule has 0 aliphatic carbocycles. The smallest absolute Gasteiger partial charge is 0.282 e. The molecule has 3 aromatic heterocycles. The second-order valence-electron chi connectivity index (χ2n) is 8.18. The summed E-state index contributed by atoms with van der Waals surface area (Å²) in [5.41, 5.74) is 4.41. The fourth-order valence-corrected chi connectivity index (χ4v) is 3.64. The van der Waals surface area contributed by atoms with Crippen LogP contribution in [0.3, 0.4) is 0 Å². The lowest BCUT2D eigenvalue weighted by Gasteiger charge is -2.13. The van der Waals surface area contributed by atoms with Crippen molar-refractivity contribution in [1.82, 2.24) is 24.7 Å². The van der Waals surface area contributed by atoms with E-state index in [0.29, 0.717) is 35.1 Å². The van der Waals surface area contributed by atoms with E-state index in [0.717, 1.165) is 16.8 Å². The Bertz CT molecular complexity index is 1300. The third kappa shape index (κ3) is 4.83. The fourth-order valence-electron chi connectivity index (χ4n) is 3.64. The normalized spacial score (nSPS) is 11.3. The van der Waals surface area contributed by atoms with E-state index in [4.69, 9.17) is 5.41 Å². The Morgan fingerprint density at radius 3 is 2.53 bits per heavy atom. The molecule has 1 aromatic carbocycles. The van der Waals surface area contributed by atoms with E-state index in [9.17, 15) is 8.78 Å². The topological polar surface area (TPSA) is 92.4 Å². The van der Waals surface area contributed by atoms with Gasteiger partial charge in [-0.3, -0.25) is 4.98 Å². The maximum absolute atomic E-state index is 12.9. The van der Waals surface area contributed by atoms with Crippen LogP contribution in [0, 0.1) is 12.3 Å². The van der Waals surface area contributed by atoms with Gasteiger partial charge in [0, 0.05) is 36.4 Å². The molecule has 4 rings (SSSR count). The highest BCUT2D eigenvalue weighted by molar-refractivity contribution is 5.84. The summed E-state index contributed by atoms with van der Waals surface area (Å²) in [6.07, 6.45) is 1.99. The zero-order valence-corrected chi connectivity index (χ0v) is 19.1. The minimum Gasteiger partial charge on any atom is -0.365 e. The van der Waals surface area contributed by atoms with Gasteiger partial charge in [0.2, 0.25) is 0 Å². The van der Waals surface area contributed by atoms with Gasteiger partial charge in [0.05, 0.1) is 16.9 Å². The van der Waals surface area contributed by atoms with Gasteiger partial charge in [0.15, 0.2) is 5.82 Å². The SMILES string of the molecule is Cc1cc(C(F)F)nn1-c1ccc(CNc2nc(-c3cccnc3C(C)C)ncc2C=N)cc1. The van der Waals surface area contributed by atoms with Crippen LogP contribution in [0.25, 0.3) is 17.1 Å². The number of hydrogen-bond donors (Lipinski definition) is 2. The second kappa shape index (κ2) is 9.86. The molecular weight excluding hydrogens is 436 g/mol. The van der Waals surface area contributed by atoms with Crippen LogP contribution >= 0.6 is 0 Å². The number of nitrogens with zero attached hydrogens (tertiary/aromatic N) is 5. The molecule has 0 amide bonds. The maximum atomic E-state index is 12.9. The zero-order valence-electron chi connectivity index (χ0n) is 19.1. The molecule has 7 nitrogen and oxygen atoms in total. The minimum absolute atomic E-state index is 0.215. The summed E-state index contributed by atoms with van der Waals surface area (Å²) in [5, 5.41) is 15.0. The standard InChI is InChI=1S/C25H25F2N7/c1-15(2)22-20(5-4-10-29-22)25-31-14-18(12-28)24(32-25)30-13-17-6-8-19(9-7-17)34-16(3)11-21(33-34)23(26)27/h4-12,14-15,23,28H,13H2,1-3H3,(H,30,31,32). The second-order valence-corrected chi connectivity index (χ2v) is 8.18. The molecule has 0 aliphatic heterocycles. The van der Waals surface area contributed by atoms with Gasteiger partial charge in [0.25, 0.3) is 6.43 Å². The molecule has 0 fully saturated rings. The molecular formula is C25H25F2N7. The number of rotatable bonds is 8. The Morgan fingerprint density at radius 2 is 1.88 bits per heavy atom. The molecule has 174 valence electrons. The molecule has 0 aliphatic rings. The first-order valence-corrected chi connectivity index (χ1v) is 10.9. The molecule has 0 atom stereocenters. The summed E-state index contributed by atoms with van der Waals surface area (Å²) < 4.78 is 27.4. The van der Waals surface area contributed by atoms with Crippen LogP contribution in [-0.2, 0) is 6.54 Å². The van der Waals surface area contributed by atoms with Crippen molar-refractivity contribution in [3.63, 3.8) is 0 Å². The predicted molar refractivity (Wildman–Crippen MR) is 128 cm³/mol. The van der Waals surface area contributed by atoms with E-state index in [-0.39, 0.29) is 11.6 Å². The van der Waals surface area contributed by atoms with Gasteiger partial charge in [-0.25, -0.2) is 23.4 Å². The average Bonchev–Trinajstić information content (AvgIpc) is 3.24. The van der Waals surface area contributed by atoms with E-state index in [1.54, 1.807) is 19.3 Å². The lowest BCUT2D eigenvalue weighted by molar-refractivity contribution is 0.145. The molecule has 3 heterocycles. The van der Waals surface area contributed by atoms with Gasteiger partial charge < -0.3 is 10.7 Å². The number of halogens is 2. The van der Waals surface area contributed by atoms with Gasteiger partial charge in [-0.1, -0.05) is 26.0 Å². The fraction of sp³-hybridized carbons (Fsp3) is 0.240.